The van der Waals surface area contributed by atoms with Crippen LogP contribution in [0.3, 0.4) is 0 Å². The number of hydrogen-bond donors (Lipinski definition) is 5. The van der Waals surface area contributed by atoms with Crippen LogP contribution in [-0.2, 0) is 4.79 Å². The lowest BCUT2D eigenvalue weighted by Gasteiger charge is -2.10. The smallest absolute Gasteiger partial charge is 0.217 e. The first kappa shape index (κ1) is 17.9. The van der Waals surface area contributed by atoms with E-state index in [2.05, 4.69) is 11.9 Å². The van der Waals surface area contributed by atoms with Crippen molar-refractivity contribution in [3.8, 4) is 0 Å². The predicted molar refractivity (Wildman–Crippen MR) is 94.8 cm³/mol. The number of hydrogen-bond acceptors (Lipinski definition) is 4. The average Bonchev–Trinajstić information content (AvgIpc) is 2.50. The fourth-order valence-electron chi connectivity index (χ4n) is 1.79. The van der Waals surface area contributed by atoms with E-state index in [1.807, 2.05) is 0 Å². The summed E-state index contributed by atoms with van der Waals surface area (Å²) in [6.07, 6.45) is 6.74. The number of carbonyl (C=O) groups excluding carboxylic acids is 1. The molecule has 120 valence electrons. The third-order valence-corrected chi connectivity index (χ3v) is 3.02. The van der Waals surface area contributed by atoms with E-state index in [1.165, 1.54) is 6.92 Å². The van der Waals surface area contributed by atoms with Gasteiger partial charge >= 0.3 is 0 Å². The summed E-state index contributed by atoms with van der Waals surface area (Å²) in [6, 6.07) is 4.87. The summed E-state index contributed by atoms with van der Waals surface area (Å²) in [5.41, 5.74) is 13.6. The van der Waals surface area contributed by atoms with Crippen molar-refractivity contribution >= 4 is 23.1 Å². The lowest BCUT2D eigenvalue weighted by Crippen LogP contribution is -2.19. The van der Waals surface area contributed by atoms with Crippen molar-refractivity contribution in [2.75, 3.05) is 12.3 Å². The lowest BCUT2D eigenvalue weighted by molar-refractivity contribution is -0.118. The van der Waals surface area contributed by atoms with Crippen LogP contribution in [0.2, 0.25) is 0 Å². The van der Waals surface area contributed by atoms with Gasteiger partial charge in [-0.3, -0.25) is 15.6 Å². The molecule has 0 aliphatic rings. The van der Waals surface area contributed by atoms with Crippen molar-refractivity contribution in [1.82, 2.24) is 5.32 Å². The number of benzene rings is 1. The second-order valence-electron chi connectivity index (χ2n) is 4.78. The second-order valence-corrected chi connectivity index (χ2v) is 4.78. The number of nitrogen functional groups attached to an aromatic ring is 2. The van der Waals surface area contributed by atoms with Crippen molar-refractivity contribution < 1.29 is 4.79 Å². The van der Waals surface area contributed by atoms with E-state index < -0.39 is 0 Å². The van der Waals surface area contributed by atoms with Crippen LogP contribution in [0.15, 0.2) is 54.7 Å². The van der Waals surface area contributed by atoms with Crippen molar-refractivity contribution in [3.63, 3.8) is 0 Å². The van der Waals surface area contributed by atoms with Crippen LogP contribution in [0.1, 0.15) is 18.1 Å². The summed E-state index contributed by atoms with van der Waals surface area (Å²) in [6.45, 7) is 5.55. The molecule has 0 aliphatic heterocycles. The Balaban J connectivity index is 3.00. The molecular formula is C17H21N5O. The minimum atomic E-state index is -0.107. The minimum absolute atomic E-state index is 0.0848. The zero-order valence-electron chi connectivity index (χ0n) is 13.0. The fourth-order valence-corrected chi connectivity index (χ4v) is 1.79. The normalized spacial score (nSPS) is 11.3. The third kappa shape index (κ3) is 5.28. The summed E-state index contributed by atoms with van der Waals surface area (Å²) in [7, 11) is 0. The van der Waals surface area contributed by atoms with Gasteiger partial charge in [0.05, 0.1) is 5.71 Å². The molecule has 0 fully saturated rings. The van der Waals surface area contributed by atoms with Gasteiger partial charge in [-0.15, -0.1) is 0 Å². The Bertz CT molecular complexity index is 701. The highest BCUT2D eigenvalue weighted by molar-refractivity contribution is 6.16. The summed E-state index contributed by atoms with van der Waals surface area (Å²) < 4.78 is 0. The van der Waals surface area contributed by atoms with E-state index in [1.54, 1.807) is 42.5 Å². The monoisotopic (exact) mass is 311 g/mol. The minimum Gasteiger partial charge on any atom is -0.398 e. The van der Waals surface area contributed by atoms with Gasteiger partial charge in [0, 0.05) is 30.3 Å². The number of rotatable bonds is 7. The highest BCUT2D eigenvalue weighted by atomic mass is 16.1. The van der Waals surface area contributed by atoms with Gasteiger partial charge in [-0.25, -0.2) is 0 Å². The molecule has 0 radical (unpaired) electrons. The first-order valence-corrected chi connectivity index (χ1v) is 6.93. The molecule has 6 nitrogen and oxygen atoms in total. The van der Waals surface area contributed by atoms with Crippen LogP contribution < -0.4 is 16.8 Å². The summed E-state index contributed by atoms with van der Waals surface area (Å²) in [5.74, 6) is -0.192. The number of amides is 1. The van der Waals surface area contributed by atoms with Gasteiger partial charge in [0.1, 0.15) is 5.84 Å². The van der Waals surface area contributed by atoms with Crippen LogP contribution in [0.4, 0.5) is 5.69 Å². The molecule has 0 heterocycles. The van der Waals surface area contributed by atoms with E-state index in [9.17, 15) is 4.79 Å². The molecule has 1 aromatic rings. The molecule has 0 bridgehead atoms. The maximum absolute atomic E-state index is 10.8. The Morgan fingerprint density at radius 2 is 2.09 bits per heavy atom. The highest BCUT2D eigenvalue weighted by Crippen LogP contribution is 2.18. The Kier molecular flexibility index (Phi) is 6.48. The lowest BCUT2D eigenvalue weighted by atomic mass is 9.98. The van der Waals surface area contributed by atoms with Gasteiger partial charge < -0.3 is 16.8 Å². The molecule has 23 heavy (non-hydrogen) atoms. The molecule has 7 N–H and O–H groups in total. The van der Waals surface area contributed by atoms with Gasteiger partial charge in [0.25, 0.3) is 0 Å². The Morgan fingerprint density at radius 1 is 1.39 bits per heavy atom. The standard InChI is InChI=1S/C17H21N5O/c1-3-12(6-4-5-9-22-11(2)23)16(19)14-10-13(17(20)21)7-8-15(14)18/h3-8,10,19H,1,9,18H2,2H3,(H3,20,21)(H,22,23)/b5-4-,12-6+,19-16?. The second kappa shape index (κ2) is 8.33. The number of carbonyl (C=O) groups is 1. The summed E-state index contributed by atoms with van der Waals surface area (Å²) in [4.78, 5) is 10.8. The molecule has 0 aromatic heterocycles. The first-order valence-electron chi connectivity index (χ1n) is 6.93. The maximum Gasteiger partial charge on any atom is 0.217 e. The molecule has 1 aromatic carbocycles. The zero-order chi connectivity index (χ0) is 17.4. The zero-order valence-corrected chi connectivity index (χ0v) is 13.0. The topological polar surface area (TPSA) is 129 Å². The van der Waals surface area contributed by atoms with Crippen molar-refractivity contribution in [2.45, 2.75) is 6.92 Å². The Hall–Kier alpha value is -3.15. The van der Waals surface area contributed by atoms with E-state index in [0.717, 1.165) is 0 Å². The SMILES string of the molecule is C=C/C(=C\C=C/CNC(C)=O)C(=N)c1cc(C(=N)N)ccc1N. The quantitative estimate of drug-likeness (QED) is 0.227. The summed E-state index contributed by atoms with van der Waals surface area (Å²) >= 11 is 0. The molecule has 0 unspecified atom stereocenters. The number of amidine groups is 1. The van der Waals surface area contributed by atoms with Gasteiger partial charge in [-0.1, -0.05) is 30.9 Å². The van der Waals surface area contributed by atoms with Crippen LogP contribution >= 0.6 is 0 Å². The molecule has 0 atom stereocenters. The van der Waals surface area contributed by atoms with Crippen LogP contribution in [-0.4, -0.2) is 24.0 Å². The van der Waals surface area contributed by atoms with Crippen molar-refractivity contribution in [2.24, 2.45) is 5.73 Å². The molecule has 0 saturated carbocycles. The molecule has 0 aliphatic carbocycles. The Labute approximate surface area is 135 Å². The van der Waals surface area contributed by atoms with Gasteiger partial charge in [0.15, 0.2) is 0 Å². The Morgan fingerprint density at radius 3 is 2.65 bits per heavy atom. The number of nitrogens with two attached hydrogens (primary N) is 2. The molecular weight excluding hydrogens is 290 g/mol. The molecule has 0 spiro atoms. The van der Waals surface area contributed by atoms with Crippen molar-refractivity contribution in [1.29, 1.82) is 10.8 Å². The predicted octanol–water partition coefficient (Wildman–Crippen LogP) is 1.73. The fraction of sp³-hybridized carbons (Fsp3) is 0.118. The van der Waals surface area contributed by atoms with Gasteiger partial charge in [0.2, 0.25) is 5.91 Å². The van der Waals surface area contributed by atoms with E-state index in [0.29, 0.717) is 28.9 Å². The number of allylic oxidation sites excluding steroid dienone is 4. The van der Waals surface area contributed by atoms with E-state index >= 15 is 0 Å². The first-order chi connectivity index (χ1) is 10.9. The van der Waals surface area contributed by atoms with E-state index in [4.69, 9.17) is 22.3 Å². The highest BCUT2D eigenvalue weighted by Gasteiger charge is 2.10. The number of anilines is 1. The van der Waals surface area contributed by atoms with Gasteiger partial charge in [-0.05, 0) is 23.8 Å². The maximum atomic E-state index is 10.8. The van der Waals surface area contributed by atoms with Crippen LogP contribution in [0.5, 0.6) is 0 Å². The van der Waals surface area contributed by atoms with E-state index in [-0.39, 0.29) is 17.5 Å². The third-order valence-electron chi connectivity index (χ3n) is 3.02. The average molecular weight is 311 g/mol. The van der Waals surface area contributed by atoms with Crippen LogP contribution in [0.25, 0.3) is 0 Å². The molecule has 0 saturated heterocycles. The molecule has 1 rings (SSSR count). The van der Waals surface area contributed by atoms with Gasteiger partial charge in [-0.2, -0.15) is 0 Å². The number of nitrogens with one attached hydrogen (secondary N) is 3. The van der Waals surface area contributed by atoms with Crippen LogP contribution in [0, 0.1) is 10.8 Å². The largest absolute Gasteiger partial charge is 0.398 e. The molecule has 1 amide bonds. The summed E-state index contributed by atoms with van der Waals surface area (Å²) in [5, 5.41) is 18.4. The molecule has 6 heteroatoms. The van der Waals surface area contributed by atoms with Crippen molar-refractivity contribution in [3.05, 3.63) is 65.8 Å².